The lowest BCUT2D eigenvalue weighted by molar-refractivity contribution is -0.143. The molecule has 4 rings (SSSR count). The second-order valence-corrected chi connectivity index (χ2v) is 8.88. The molecule has 1 aliphatic heterocycles. The molecular formula is C23H20F9N6. The number of halogens is 9. The minimum absolute atomic E-state index is 0.0241. The molecule has 0 N–H and O–H groups in total. The number of tetrazole rings is 1. The molecule has 15 heteroatoms. The van der Waals surface area contributed by atoms with E-state index in [1.165, 1.54) is 24.9 Å². The second kappa shape index (κ2) is 9.66. The van der Waals surface area contributed by atoms with E-state index in [9.17, 15) is 39.5 Å². The van der Waals surface area contributed by atoms with Crippen molar-refractivity contribution in [1.82, 2.24) is 25.5 Å². The topological polar surface area (TPSA) is 60.9 Å². The molecule has 0 spiro atoms. The van der Waals surface area contributed by atoms with Gasteiger partial charge in [0.25, 0.3) is 5.95 Å². The van der Waals surface area contributed by atoms with Crippen LogP contribution in [0, 0.1) is 6.92 Å². The zero-order valence-corrected chi connectivity index (χ0v) is 19.9. The molecule has 1 aliphatic rings. The van der Waals surface area contributed by atoms with Crippen molar-refractivity contribution in [3.8, 4) is 0 Å². The summed E-state index contributed by atoms with van der Waals surface area (Å²) in [5.41, 5.74) is -3.97. The van der Waals surface area contributed by atoms with Gasteiger partial charge in [-0.1, -0.05) is 11.2 Å². The average Bonchev–Trinajstić information content (AvgIpc) is 3.11. The highest BCUT2D eigenvalue weighted by Crippen LogP contribution is 2.42. The summed E-state index contributed by atoms with van der Waals surface area (Å²) in [5, 5.41) is 15.9. The zero-order valence-electron chi connectivity index (χ0n) is 19.9. The van der Waals surface area contributed by atoms with Gasteiger partial charge in [-0.3, -0.25) is 5.32 Å². The first-order chi connectivity index (χ1) is 17.5. The van der Waals surface area contributed by atoms with Crippen LogP contribution in [0.4, 0.5) is 51.1 Å². The lowest BCUT2D eigenvalue weighted by Gasteiger charge is -2.32. The predicted octanol–water partition coefficient (Wildman–Crippen LogP) is 6.35. The number of aromatic nitrogens is 4. The van der Waals surface area contributed by atoms with Gasteiger partial charge in [0, 0.05) is 18.7 Å². The minimum Gasteiger partial charge on any atom is -0.327 e. The van der Waals surface area contributed by atoms with E-state index in [-0.39, 0.29) is 41.8 Å². The smallest absolute Gasteiger partial charge is 0.327 e. The molecular weight excluding hydrogens is 531 g/mol. The number of fused-ring (bicyclic) bond motifs is 1. The molecule has 2 heterocycles. The number of aryl methyl sites for hydroxylation is 2. The first-order valence-corrected chi connectivity index (χ1v) is 11.2. The Morgan fingerprint density at radius 3 is 2.05 bits per heavy atom. The van der Waals surface area contributed by atoms with Gasteiger partial charge in [-0.05, 0) is 60.4 Å². The molecule has 0 aliphatic carbocycles. The van der Waals surface area contributed by atoms with E-state index < -0.39 is 47.8 Å². The third kappa shape index (κ3) is 5.80. The van der Waals surface area contributed by atoms with E-state index in [4.69, 9.17) is 0 Å². The second-order valence-electron chi connectivity index (χ2n) is 8.88. The number of alkyl halides is 9. The Morgan fingerprint density at radius 2 is 1.53 bits per heavy atom. The van der Waals surface area contributed by atoms with Gasteiger partial charge in [0.15, 0.2) is 0 Å². The van der Waals surface area contributed by atoms with E-state index in [0.29, 0.717) is 24.1 Å². The average molecular weight is 551 g/mol. The molecule has 1 atom stereocenters. The van der Waals surface area contributed by atoms with Crippen molar-refractivity contribution in [2.75, 3.05) is 11.4 Å². The summed E-state index contributed by atoms with van der Waals surface area (Å²) in [6.45, 7) is 0.925. The largest absolute Gasteiger partial charge is 0.416 e. The van der Waals surface area contributed by atoms with E-state index in [0.717, 1.165) is 10.9 Å². The Bertz CT molecular complexity index is 1280. The molecule has 2 aromatic carbocycles. The SMILES string of the molecule is Cc1cc2c(cc1C(F)(F)F)[N]CCC[C@@H]2N(Cc1cc(C(F)(F)F)cc(C(F)(F)F)c1)c1nnn(C)n1. The predicted molar refractivity (Wildman–Crippen MR) is 116 cm³/mol. The van der Waals surface area contributed by atoms with Crippen molar-refractivity contribution in [2.45, 2.75) is 50.9 Å². The maximum atomic E-state index is 13.5. The third-order valence-corrected chi connectivity index (χ3v) is 6.09. The van der Waals surface area contributed by atoms with Crippen LogP contribution < -0.4 is 10.2 Å². The summed E-state index contributed by atoms with van der Waals surface area (Å²) in [5.74, 6) is -0.117. The zero-order chi connectivity index (χ0) is 28.0. The maximum absolute atomic E-state index is 13.5. The molecule has 1 radical (unpaired) electrons. The van der Waals surface area contributed by atoms with Gasteiger partial charge >= 0.3 is 18.5 Å². The number of hydrogen-bond donors (Lipinski definition) is 0. The fourth-order valence-corrected chi connectivity index (χ4v) is 4.41. The Balaban J connectivity index is 1.86. The summed E-state index contributed by atoms with van der Waals surface area (Å²) >= 11 is 0. The van der Waals surface area contributed by atoms with Crippen molar-refractivity contribution in [3.63, 3.8) is 0 Å². The van der Waals surface area contributed by atoms with Crippen molar-refractivity contribution < 1.29 is 39.5 Å². The molecule has 38 heavy (non-hydrogen) atoms. The van der Waals surface area contributed by atoms with Crippen molar-refractivity contribution in [3.05, 3.63) is 63.7 Å². The molecule has 0 saturated heterocycles. The van der Waals surface area contributed by atoms with Crippen LogP contribution in [-0.4, -0.2) is 26.8 Å². The molecule has 205 valence electrons. The number of rotatable bonds is 4. The fourth-order valence-electron chi connectivity index (χ4n) is 4.41. The van der Waals surface area contributed by atoms with Gasteiger partial charge < -0.3 is 4.90 Å². The summed E-state index contributed by atoms with van der Waals surface area (Å²) < 4.78 is 121. The number of nitrogens with zero attached hydrogens (tertiary/aromatic N) is 6. The van der Waals surface area contributed by atoms with E-state index in [1.807, 2.05) is 0 Å². The molecule has 1 aromatic heterocycles. The van der Waals surface area contributed by atoms with Crippen molar-refractivity contribution in [1.29, 1.82) is 0 Å². The van der Waals surface area contributed by atoms with Gasteiger partial charge in [0.1, 0.15) is 0 Å². The highest BCUT2D eigenvalue weighted by Gasteiger charge is 2.39. The monoisotopic (exact) mass is 551 g/mol. The van der Waals surface area contributed by atoms with Gasteiger partial charge in [0.2, 0.25) is 0 Å². The summed E-state index contributed by atoms with van der Waals surface area (Å²) in [6, 6.07) is 2.59. The molecule has 0 saturated carbocycles. The summed E-state index contributed by atoms with van der Waals surface area (Å²) in [6.07, 6.45) is -14.1. The van der Waals surface area contributed by atoms with Crippen LogP contribution in [0.5, 0.6) is 0 Å². The van der Waals surface area contributed by atoms with Crippen LogP contribution in [0.25, 0.3) is 0 Å². The van der Waals surface area contributed by atoms with Crippen LogP contribution >= 0.6 is 0 Å². The maximum Gasteiger partial charge on any atom is 0.416 e. The number of benzene rings is 2. The Kier molecular flexibility index (Phi) is 6.99. The van der Waals surface area contributed by atoms with Crippen LogP contribution in [0.15, 0.2) is 30.3 Å². The molecule has 0 bridgehead atoms. The van der Waals surface area contributed by atoms with E-state index in [2.05, 4.69) is 20.7 Å². The lowest BCUT2D eigenvalue weighted by Crippen LogP contribution is -2.30. The van der Waals surface area contributed by atoms with E-state index >= 15 is 0 Å². The quantitative estimate of drug-likeness (QED) is 0.355. The molecule has 6 nitrogen and oxygen atoms in total. The lowest BCUT2D eigenvalue weighted by atomic mass is 9.94. The van der Waals surface area contributed by atoms with Crippen LogP contribution in [-0.2, 0) is 32.1 Å². The van der Waals surface area contributed by atoms with Gasteiger partial charge in [-0.15, -0.1) is 5.10 Å². The fraction of sp³-hybridized carbons (Fsp3) is 0.435. The minimum atomic E-state index is -5.05. The standard InChI is InChI=1S/C23H20F9N6/c1-12-6-16-18(10-17(12)23(30,31)32)33-5-3-4-19(16)38(20-34-36-37(2)35-20)11-13-7-14(21(24,25)26)9-15(8-13)22(27,28)29/h6-10,19H,3-5,11H2,1-2H3/t19-/m0/s1. The van der Waals surface area contributed by atoms with Gasteiger partial charge in [-0.2, -0.15) is 44.3 Å². The third-order valence-electron chi connectivity index (χ3n) is 6.09. The van der Waals surface area contributed by atoms with Crippen molar-refractivity contribution >= 4 is 11.6 Å². The van der Waals surface area contributed by atoms with Crippen molar-refractivity contribution in [2.24, 2.45) is 7.05 Å². The van der Waals surface area contributed by atoms with Gasteiger partial charge in [0.05, 0.1) is 35.5 Å². The molecule has 0 amide bonds. The highest BCUT2D eigenvalue weighted by molar-refractivity contribution is 5.56. The van der Waals surface area contributed by atoms with Crippen LogP contribution in [0.3, 0.4) is 0 Å². The normalized spacial score (nSPS) is 16.6. The Morgan fingerprint density at radius 1 is 0.895 bits per heavy atom. The summed E-state index contributed by atoms with van der Waals surface area (Å²) in [7, 11) is 1.41. The molecule has 0 unspecified atom stereocenters. The van der Waals surface area contributed by atoms with E-state index in [1.54, 1.807) is 0 Å². The number of anilines is 1. The Hall–Kier alpha value is -3.52. The first kappa shape index (κ1) is 27.5. The number of hydrogen-bond acceptors (Lipinski definition) is 4. The highest BCUT2D eigenvalue weighted by atomic mass is 19.4. The van der Waals surface area contributed by atoms with Gasteiger partial charge in [-0.25, -0.2) is 0 Å². The van der Waals surface area contributed by atoms with Crippen LogP contribution in [0.2, 0.25) is 0 Å². The first-order valence-electron chi connectivity index (χ1n) is 11.2. The molecule has 0 fully saturated rings. The van der Waals surface area contributed by atoms with Crippen LogP contribution in [0.1, 0.15) is 52.3 Å². The summed E-state index contributed by atoms with van der Waals surface area (Å²) in [4.78, 5) is 2.39. The molecule has 3 aromatic rings. The Labute approximate surface area is 210 Å².